The van der Waals surface area contributed by atoms with Crippen molar-refractivity contribution in [2.24, 2.45) is 0 Å². The van der Waals surface area contributed by atoms with Gasteiger partial charge in [0.2, 0.25) is 0 Å². The maximum Gasteiger partial charge on any atom is 0.166 e. The first-order valence-electron chi connectivity index (χ1n) is 8.95. The number of hydrogen-bond acceptors (Lipinski definition) is 6. The van der Waals surface area contributed by atoms with Gasteiger partial charge >= 0.3 is 0 Å². The lowest BCUT2D eigenvalue weighted by Gasteiger charge is -2.18. The van der Waals surface area contributed by atoms with Crippen LogP contribution in [0.25, 0.3) is 27.6 Å². The number of nitrogens with zero attached hydrogens (tertiary/aromatic N) is 5. The van der Waals surface area contributed by atoms with Crippen LogP contribution in [0.2, 0.25) is 0 Å². The van der Waals surface area contributed by atoms with E-state index in [1.165, 1.54) is 12.1 Å². The molecule has 8 nitrogen and oxygen atoms in total. The molecule has 0 bridgehead atoms. The van der Waals surface area contributed by atoms with Crippen LogP contribution in [0.1, 0.15) is 18.7 Å². The van der Waals surface area contributed by atoms with E-state index in [-0.39, 0.29) is 11.6 Å². The lowest BCUT2D eigenvalue weighted by Crippen LogP contribution is -2.12. The monoisotopic (exact) mass is 389 g/mol. The number of hydrogen-bond donors (Lipinski definition) is 2. The third kappa shape index (κ3) is 3.02. The average molecular weight is 389 g/mol. The number of aromatic amines is 1. The molecule has 0 aliphatic heterocycles. The largest absolute Gasteiger partial charge is 0.480 e. The summed E-state index contributed by atoms with van der Waals surface area (Å²) in [4.78, 5) is 8.98. The van der Waals surface area contributed by atoms with Crippen LogP contribution in [-0.4, -0.2) is 29.9 Å². The van der Waals surface area contributed by atoms with Gasteiger partial charge in [0.15, 0.2) is 17.2 Å². The summed E-state index contributed by atoms with van der Waals surface area (Å²) in [6, 6.07) is 9.76. The van der Waals surface area contributed by atoms with Gasteiger partial charge in [-0.2, -0.15) is 10.2 Å². The molecule has 5 rings (SSSR count). The lowest BCUT2D eigenvalue weighted by atomic mass is 10.1. The van der Waals surface area contributed by atoms with Gasteiger partial charge < -0.3 is 10.5 Å². The van der Waals surface area contributed by atoms with Gasteiger partial charge in [-0.25, -0.2) is 19.0 Å². The van der Waals surface area contributed by atoms with Gasteiger partial charge in [-0.05, 0) is 43.3 Å². The van der Waals surface area contributed by atoms with Crippen LogP contribution in [0.4, 0.5) is 10.2 Å². The number of anilines is 1. The van der Waals surface area contributed by atoms with Gasteiger partial charge in [0, 0.05) is 23.2 Å². The van der Waals surface area contributed by atoms with Crippen LogP contribution in [0.3, 0.4) is 0 Å². The quantitative estimate of drug-likeness (QED) is 0.487. The fourth-order valence-electron chi connectivity index (χ4n) is 3.26. The molecule has 29 heavy (non-hydrogen) atoms. The molecule has 4 heterocycles. The number of nitrogen functional groups attached to an aromatic ring is 1. The first-order valence-corrected chi connectivity index (χ1v) is 8.95. The minimum atomic E-state index is -0.489. The molecule has 1 unspecified atom stereocenters. The van der Waals surface area contributed by atoms with Gasteiger partial charge in [-0.15, -0.1) is 0 Å². The molecule has 3 N–H and O–H groups in total. The highest BCUT2D eigenvalue weighted by molar-refractivity contribution is 5.82. The minimum absolute atomic E-state index is 0.221. The fraction of sp³-hybridized carbons (Fsp3) is 0.100. The Balaban J connectivity index is 1.58. The highest BCUT2D eigenvalue weighted by Crippen LogP contribution is 2.31. The summed E-state index contributed by atoms with van der Waals surface area (Å²) in [7, 11) is 0. The molecule has 1 atom stereocenters. The number of ether oxygens (including phenoxy) is 1. The average Bonchev–Trinajstić information content (AvgIpc) is 3.39. The second kappa shape index (κ2) is 6.55. The minimum Gasteiger partial charge on any atom is -0.480 e. The highest BCUT2D eigenvalue weighted by atomic mass is 19.1. The molecular weight excluding hydrogens is 373 g/mol. The Labute approximate surface area is 164 Å². The van der Waals surface area contributed by atoms with Crippen LogP contribution in [-0.2, 0) is 0 Å². The van der Waals surface area contributed by atoms with E-state index in [2.05, 4.69) is 25.3 Å². The van der Waals surface area contributed by atoms with Gasteiger partial charge in [0.05, 0.1) is 17.4 Å². The zero-order valence-corrected chi connectivity index (χ0v) is 15.4. The summed E-state index contributed by atoms with van der Waals surface area (Å²) in [5.41, 5.74) is 8.71. The molecule has 0 fully saturated rings. The molecule has 9 heteroatoms. The van der Waals surface area contributed by atoms with E-state index in [0.717, 1.165) is 11.1 Å². The van der Waals surface area contributed by atoms with Crippen LogP contribution in [0.15, 0.2) is 55.0 Å². The van der Waals surface area contributed by atoms with Crippen molar-refractivity contribution in [3.63, 3.8) is 0 Å². The molecule has 0 amide bonds. The first-order chi connectivity index (χ1) is 14.1. The van der Waals surface area contributed by atoms with Crippen molar-refractivity contribution in [3.8, 4) is 11.4 Å². The standard InChI is InChI=1S/C20H16FN7O/c1-11(29-17-9-12-7-14(21)3-4-15(12)25-19(17)22)18-16(28-6-2-5-24-28)8-13-10-23-27-20(13)26-18/h2-11H,1H3,(H2,22,25)(H,23,26,27). The zero-order valence-electron chi connectivity index (χ0n) is 15.4. The van der Waals surface area contributed by atoms with Gasteiger partial charge in [0.25, 0.3) is 0 Å². The summed E-state index contributed by atoms with van der Waals surface area (Å²) in [5, 5.41) is 12.7. The third-order valence-corrected chi connectivity index (χ3v) is 4.64. The van der Waals surface area contributed by atoms with Crippen LogP contribution >= 0.6 is 0 Å². The number of fused-ring (bicyclic) bond motifs is 2. The Morgan fingerprint density at radius 3 is 2.90 bits per heavy atom. The zero-order chi connectivity index (χ0) is 20.0. The van der Waals surface area contributed by atoms with Crippen molar-refractivity contribution in [1.82, 2.24) is 29.9 Å². The lowest BCUT2D eigenvalue weighted by molar-refractivity contribution is 0.223. The van der Waals surface area contributed by atoms with Gasteiger partial charge in [0.1, 0.15) is 17.6 Å². The van der Waals surface area contributed by atoms with E-state index in [1.807, 2.05) is 25.3 Å². The molecule has 0 aliphatic carbocycles. The molecule has 1 aromatic carbocycles. The van der Waals surface area contributed by atoms with Crippen LogP contribution < -0.4 is 10.5 Å². The van der Waals surface area contributed by atoms with E-state index in [4.69, 9.17) is 10.5 Å². The van der Waals surface area contributed by atoms with Gasteiger partial charge in [-0.3, -0.25) is 5.10 Å². The second-order valence-corrected chi connectivity index (χ2v) is 6.62. The topological polar surface area (TPSA) is 108 Å². The fourth-order valence-corrected chi connectivity index (χ4v) is 3.26. The summed E-state index contributed by atoms with van der Waals surface area (Å²) in [6.07, 6.45) is 4.73. The third-order valence-electron chi connectivity index (χ3n) is 4.64. The number of pyridine rings is 2. The highest BCUT2D eigenvalue weighted by Gasteiger charge is 2.19. The molecule has 0 radical (unpaired) electrons. The van der Waals surface area contributed by atoms with E-state index < -0.39 is 6.10 Å². The normalized spacial score (nSPS) is 12.5. The Morgan fingerprint density at radius 1 is 1.17 bits per heavy atom. The molecule has 5 aromatic rings. The number of benzene rings is 1. The Hall–Kier alpha value is -4.01. The summed E-state index contributed by atoms with van der Waals surface area (Å²) >= 11 is 0. The van der Waals surface area contributed by atoms with Crippen molar-refractivity contribution >= 4 is 27.8 Å². The maximum atomic E-state index is 13.6. The SMILES string of the molecule is CC(Oc1cc2cc(F)ccc2nc1N)c1nc2[nH]ncc2cc1-n1cccn1. The molecule has 0 saturated heterocycles. The van der Waals surface area contributed by atoms with Crippen LogP contribution in [0.5, 0.6) is 5.75 Å². The van der Waals surface area contributed by atoms with Crippen molar-refractivity contribution < 1.29 is 9.13 Å². The maximum absolute atomic E-state index is 13.6. The predicted molar refractivity (Wildman–Crippen MR) is 106 cm³/mol. The number of nitrogens with one attached hydrogen (secondary N) is 1. The number of halogens is 1. The Bertz CT molecular complexity index is 1330. The van der Waals surface area contributed by atoms with Crippen molar-refractivity contribution in [2.75, 3.05) is 5.73 Å². The molecule has 0 aliphatic rings. The van der Waals surface area contributed by atoms with Crippen molar-refractivity contribution in [2.45, 2.75) is 13.0 Å². The molecular formula is C20H16FN7O. The molecule has 4 aromatic heterocycles. The first kappa shape index (κ1) is 17.1. The van der Waals surface area contributed by atoms with E-state index in [1.54, 1.807) is 29.2 Å². The molecule has 0 spiro atoms. The molecule has 144 valence electrons. The summed E-state index contributed by atoms with van der Waals surface area (Å²) < 4.78 is 21.4. The van der Waals surface area contributed by atoms with E-state index in [9.17, 15) is 4.39 Å². The number of nitrogens with two attached hydrogens (primary N) is 1. The van der Waals surface area contributed by atoms with E-state index in [0.29, 0.717) is 28.0 Å². The van der Waals surface area contributed by atoms with Crippen LogP contribution in [0, 0.1) is 5.82 Å². The van der Waals surface area contributed by atoms with E-state index >= 15 is 0 Å². The second-order valence-electron chi connectivity index (χ2n) is 6.62. The molecule has 0 saturated carbocycles. The Morgan fingerprint density at radius 2 is 2.07 bits per heavy atom. The predicted octanol–water partition coefficient (Wildman–Crippen LogP) is 3.55. The summed E-state index contributed by atoms with van der Waals surface area (Å²) in [5.74, 6) is 0.225. The van der Waals surface area contributed by atoms with Gasteiger partial charge in [-0.1, -0.05) is 0 Å². The number of rotatable bonds is 4. The van der Waals surface area contributed by atoms with Crippen molar-refractivity contribution in [3.05, 3.63) is 66.5 Å². The summed E-state index contributed by atoms with van der Waals surface area (Å²) in [6.45, 7) is 1.85. The number of H-pyrrole nitrogens is 1. The Kier molecular flexibility index (Phi) is 3.87. The number of aromatic nitrogens is 6. The van der Waals surface area contributed by atoms with Crippen molar-refractivity contribution in [1.29, 1.82) is 0 Å². The smallest absolute Gasteiger partial charge is 0.166 e.